The lowest BCUT2D eigenvalue weighted by Crippen LogP contribution is -2.40. The number of nitrogens with zero attached hydrogens (tertiary/aromatic N) is 2. The summed E-state index contributed by atoms with van der Waals surface area (Å²) < 4.78 is 0. The van der Waals surface area contributed by atoms with E-state index in [-0.39, 0.29) is 11.8 Å². The smallest absolute Gasteiger partial charge is 0.272 e. The zero-order valence-corrected chi connectivity index (χ0v) is 13.3. The number of benzene rings is 1. The van der Waals surface area contributed by atoms with Crippen molar-refractivity contribution < 1.29 is 9.59 Å². The zero-order chi connectivity index (χ0) is 16.4. The van der Waals surface area contributed by atoms with Gasteiger partial charge in [-0.15, -0.1) is 0 Å². The summed E-state index contributed by atoms with van der Waals surface area (Å²) in [5, 5.41) is 9.89. The number of hydrogen-bond acceptors (Lipinski definition) is 3. The van der Waals surface area contributed by atoms with Crippen molar-refractivity contribution in [3.8, 4) is 0 Å². The Kier molecular flexibility index (Phi) is 4.14. The van der Waals surface area contributed by atoms with Gasteiger partial charge in [0.1, 0.15) is 6.04 Å². The molecule has 0 fully saturated rings. The molecule has 1 atom stereocenters. The van der Waals surface area contributed by atoms with Gasteiger partial charge in [-0.3, -0.25) is 14.7 Å². The van der Waals surface area contributed by atoms with E-state index in [0.29, 0.717) is 5.69 Å². The predicted octanol–water partition coefficient (Wildman–Crippen LogP) is 1.46. The van der Waals surface area contributed by atoms with Crippen molar-refractivity contribution in [2.45, 2.75) is 25.3 Å². The van der Waals surface area contributed by atoms with Crippen molar-refractivity contribution in [3.63, 3.8) is 0 Å². The first-order chi connectivity index (χ1) is 11.1. The number of hydrogen-bond donors (Lipinski definition) is 2. The Bertz CT molecular complexity index is 721. The van der Waals surface area contributed by atoms with E-state index in [9.17, 15) is 9.59 Å². The van der Waals surface area contributed by atoms with E-state index in [4.69, 9.17) is 0 Å². The summed E-state index contributed by atoms with van der Waals surface area (Å²) in [4.78, 5) is 26.6. The standard InChI is InChI=1S/C17H20N4O2/c1-21(2)17(23)14(11-7-4-3-5-8-11)18-16(22)15-12-9-6-10-13(12)19-20-15/h3-5,7-8,14H,6,9-10H2,1-2H3,(H,18,22)(H,19,20)/t14-/m1/s1. The van der Waals surface area contributed by atoms with Gasteiger partial charge in [0, 0.05) is 25.4 Å². The molecule has 0 unspecified atom stereocenters. The SMILES string of the molecule is CN(C)C(=O)[C@H](NC(=O)c1n[nH]c2c1CCC2)c1ccccc1. The molecule has 0 saturated heterocycles. The fourth-order valence-electron chi connectivity index (χ4n) is 2.90. The lowest BCUT2D eigenvalue weighted by molar-refractivity contribution is -0.130. The number of aromatic nitrogens is 2. The monoisotopic (exact) mass is 312 g/mol. The van der Waals surface area contributed by atoms with Crippen LogP contribution >= 0.6 is 0 Å². The Hall–Kier alpha value is -2.63. The molecule has 0 spiro atoms. The quantitative estimate of drug-likeness (QED) is 0.897. The number of aryl methyl sites for hydroxylation is 1. The van der Waals surface area contributed by atoms with Crippen LogP contribution in [-0.2, 0) is 17.6 Å². The summed E-state index contributed by atoms with van der Waals surface area (Å²) in [5.74, 6) is -0.481. The average molecular weight is 312 g/mol. The van der Waals surface area contributed by atoms with Crippen LogP contribution in [0.5, 0.6) is 0 Å². The van der Waals surface area contributed by atoms with E-state index in [1.807, 2.05) is 30.3 Å². The Morgan fingerprint density at radius 3 is 2.65 bits per heavy atom. The molecule has 120 valence electrons. The van der Waals surface area contributed by atoms with Crippen LogP contribution in [0, 0.1) is 0 Å². The maximum Gasteiger partial charge on any atom is 0.272 e. The molecule has 0 aliphatic heterocycles. The van der Waals surface area contributed by atoms with Crippen molar-refractivity contribution in [1.29, 1.82) is 0 Å². The molecule has 1 aromatic carbocycles. The Balaban J connectivity index is 1.86. The first-order valence-electron chi connectivity index (χ1n) is 7.71. The zero-order valence-electron chi connectivity index (χ0n) is 13.3. The second-order valence-corrected chi connectivity index (χ2v) is 5.93. The van der Waals surface area contributed by atoms with Crippen LogP contribution in [-0.4, -0.2) is 41.0 Å². The molecule has 1 aliphatic carbocycles. The highest BCUT2D eigenvalue weighted by molar-refractivity contribution is 5.97. The predicted molar refractivity (Wildman–Crippen MR) is 86.0 cm³/mol. The molecular formula is C17H20N4O2. The first-order valence-corrected chi connectivity index (χ1v) is 7.71. The molecule has 6 heteroatoms. The number of nitrogens with one attached hydrogen (secondary N) is 2. The van der Waals surface area contributed by atoms with Gasteiger partial charge in [0.25, 0.3) is 5.91 Å². The number of aromatic amines is 1. The molecule has 2 aromatic rings. The maximum atomic E-state index is 12.6. The highest BCUT2D eigenvalue weighted by atomic mass is 16.2. The second kappa shape index (κ2) is 6.24. The molecule has 1 aromatic heterocycles. The number of rotatable bonds is 4. The largest absolute Gasteiger partial charge is 0.347 e. The summed E-state index contributed by atoms with van der Waals surface area (Å²) >= 11 is 0. The number of carbonyl (C=O) groups excluding carboxylic acids is 2. The summed E-state index contributed by atoms with van der Waals surface area (Å²) in [5.41, 5.74) is 3.17. The molecule has 3 rings (SSSR count). The molecule has 0 radical (unpaired) electrons. The van der Waals surface area contributed by atoms with Gasteiger partial charge < -0.3 is 10.2 Å². The summed E-state index contributed by atoms with van der Waals surface area (Å²) in [6.45, 7) is 0. The average Bonchev–Trinajstić information content (AvgIpc) is 3.15. The topological polar surface area (TPSA) is 78.1 Å². The molecule has 1 aliphatic rings. The fraction of sp³-hybridized carbons (Fsp3) is 0.353. The summed E-state index contributed by atoms with van der Waals surface area (Å²) in [7, 11) is 3.35. The van der Waals surface area contributed by atoms with Gasteiger partial charge in [0.2, 0.25) is 5.91 Å². The molecule has 23 heavy (non-hydrogen) atoms. The van der Waals surface area contributed by atoms with E-state index in [2.05, 4.69) is 15.5 Å². The van der Waals surface area contributed by atoms with E-state index >= 15 is 0 Å². The minimum Gasteiger partial charge on any atom is -0.347 e. The van der Waals surface area contributed by atoms with Crippen LogP contribution in [0.4, 0.5) is 0 Å². The number of carbonyl (C=O) groups is 2. The van der Waals surface area contributed by atoms with Gasteiger partial charge in [-0.1, -0.05) is 30.3 Å². The number of likely N-dealkylation sites (N-methyl/N-ethyl adjacent to an activating group) is 1. The Labute approximate surface area is 134 Å². The lowest BCUT2D eigenvalue weighted by Gasteiger charge is -2.22. The van der Waals surface area contributed by atoms with Gasteiger partial charge in [-0.25, -0.2) is 0 Å². The van der Waals surface area contributed by atoms with E-state index in [1.54, 1.807) is 14.1 Å². The molecule has 1 heterocycles. The van der Waals surface area contributed by atoms with Crippen molar-refractivity contribution in [2.75, 3.05) is 14.1 Å². The number of H-pyrrole nitrogens is 1. The maximum absolute atomic E-state index is 12.6. The highest BCUT2D eigenvalue weighted by Crippen LogP contribution is 2.23. The minimum atomic E-state index is -0.715. The highest BCUT2D eigenvalue weighted by Gasteiger charge is 2.28. The van der Waals surface area contributed by atoms with Crippen LogP contribution in [0.2, 0.25) is 0 Å². The van der Waals surface area contributed by atoms with Crippen LogP contribution in [0.3, 0.4) is 0 Å². The van der Waals surface area contributed by atoms with Crippen molar-refractivity contribution in [3.05, 3.63) is 52.8 Å². The molecule has 2 amide bonds. The third kappa shape index (κ3) is 2.97. The molecule has 0 saturated carbocycles. The van der Waals surface area contributed by atoms with Crippen LogP contribution in [0.25, 0.3) is 0 Å². The Morgan fingerprint density at radius 2 is 1.96 bits per heavy atom. The van der Waals surface area contributed by atoms with E-state index < -0.39 is 6.04 Å². The third-order valence-electron chi connectivity index (χ3n) is 4.12. The van der Waals surface area contributed by atoms with Gasteiger partial charge in [0.05, 0.1) is 0 Å². The van der Waals surface area contributed by atoms with E-state index in [1.165, 1.54) is 4.90 Å². The van der Waals surface area contributed by atoms with E-state index in [0.717, 1.165) is 36.1 Å². The molecule has 6 nitrogen and oxygen atoms in total. The Morgan fingerprint density at radius 1 is 1.22 bits per heavy atom. The molecule has 0 bridgehead atoms. The van der Waals surface area contributed by atoms with Gasteiger partial charge >= 0.3 is 0 Å². The summed E-state index contributed by atoms with van der Waals surface area (Å²) in [6.07, 6.45) is 2.81. The minimum absolute atomic E-state index is 0.170. The lowest BCUT2D eigenvalue weighted by atomic mass is 10.1. The first kappa shape index (κ1) is 15.3. The fourth-order valence-corrected chi connectivity index (χ4v) is 2.90. The van der Waals surface area contributed by atoms with Gasteiger partial charge in [-0.05, 0) is 24.8 Å². The van der Waals surface area contributed by atoms with Crippen molar-refractivity contribution in [1.82, 2.24) is 20.4 Å². The van der Waals surface area contributed by atoms with Gasteiger partial charge in [-0.2, -0.15) is 5.10 Å². The molecular weight excluding hydrogens is 292 g/mol. The van der Waals surface area contributed by atoms with Crippen LogP contribution in [0.15, 0.2) is 30.3 Å². The normalized spacial score (nSPS) is 14.2. The van der Waals surface area contributed by atoms with Crippen LogP contribution in [0.1, 0.15) is 39.8 Å². The number of amides is 2. The van der Waals surface area contributed by atoms with Crippen molar-refractivity contribution in [2.24, 2.45) is 0 Å². The summed E-state index contributed by atoms with van der Waals surface area (Å²) in [6, 6.07) is 8.53. The number of fused-ring (bicyclic) bond motifs is 1. The molecule has 2 N–H and O–H groups in total. The van der Waals surface area contributed by atoms with Crippen molar-refractivity contribution >= 4 is 11.8 Å². The van der Waals surface area contributed by atoms with Crippen LogP contribution < -0.4 is 5.32 Å². The second-order valence-electron chi connectivity index (χ2n) is 5.93. The third-order valence-corrected chi connectivity index (χ3v) is 4.12. The van der Waals surface area contributed by atoms with Gasteiger partial charge in [0.15, 0.2) is 5.69 Å².